The van der Waals surface area contributed by atoms with Gasteiger partial charge in [-0.25, -0.2) is 5.43 Å². The SMILES string of the molecule is COc1cc(C=NNC(=O)C(O)(c2ccccc2)c2ccccc2)ccc1OCc1ccccc1. The quantitative estimate of drug-likeness (QED) is 0.278. The molecular weight excluding hydrogens is 440 g/mol. The number of aliphatic hydroxyl groups is 1. The fourth-order valence-corrected chi connectivity index (χ4v) is 3.65. The van der Waals surface area contributed by atoms with Gasteiger partial charge in [0.15, 0.2) is 17.1 Å². The highest BCUT2D eigenvalue weighted by molar-refractivity contribution is 5.91. The van der Waals surface area contributed by atoms with Crippen molar-refractivity contribution < 1.29 is 19.4 Å². The molecule has 0 aliphatic heterocycles. The number of hydrogen-bond donors (Lipinski definition) is 2. The van der Waals surface area contributed by atoms with Gasteiger partial charge in [0.1, 0.15) is 6.61 Å². The van der Waals surface area contributed by atoms with Crippen LogP contribution >= 0.6 is 0 Å². The van der Waals surface area contributed by atoms with Gasteiger partial charge < -0.3 is 14.6 Å². The Hall–Kier alpha value is -4.42. The van der Waals surface area contributed by atoms with Crippen LogP contribution in [0, 0.1) is 0 Å². The second kappa shape index (κ2) is 11.1. The van der Waals surface area contributed by atoms with Crippen LogP contribution in [0.4, 0.5) is 0 Å². The molecule has 4 aromatic rings. The topological polar surface area (TPSA) is 80.2 Å². The Morgan fingerprint density at radius 1 is 0.857 bits per heavy atom. The molecule has 0 heterocycles. The Morgan fingerprint density at radius 2 is 1.43 bits per heavy atom. The van der Waals surface area contributed by atoms with Gasteiger partial charge in [-0.3, -0.25) is 4.79 Å². The molecule has 2 N–H and O–H groups in total. The van der Waals surface area contributed by atoms with Crippen LogP contribution in [0.1, 0.15) is 22.3 Å². The second-order valence-corrected chi connectivity index (χ2v) is 7.83. The van der Waals surface area contributed by atoms with E-state index in [1.165, 1.54) is 6.21 Å². The predicted octanol–water partition coefficient (Wildman–Crippen LogP) is 4.66. The fraction of sp³-hybridized carbons (Fsp3) is 0.103. The average Bonchev–Trinajstić information content (AvgIpc) is 2.93. The number of carbonyl (C=O) groups is 1. The number of rotatable bonds is 9. The normalized spacial score (nSPS) is 11.3. The summed E-state index contributed by atoms with van der Waals surface area (Å²) < 4.78 is 11.3. The van der Waals surface area contributed by atoms with Gasteiger partial charge in [-0.2, -0.15) is 5.10 Å². The molecule has 1 amide bonds. The van der Waals surface area contributed by atoms with E-state index in [1.807, 2.05) is 42.5 Å². The van der Waals surface area contributed by atoms with Gasteiger partial charge in [-0.15, -0.1) is 0 Å². The molecule has 0 radical (unpaired) electrons. The summed E-state index contributed by atoms with van der Waals surface area (Å²) in [7, 11) is 1.56. The summed E-state index contributed by atoms with van der Waals surface area (Å²) in [4.78, 5) is 13.1. The number of hydrazone groups is 1. The molecule has 0 aromatic heterocycles. The van der Waals surface area contributed by atoms with Crippen LogP contribution in [-0.4, -0.2) is 24.3 Å². The van der Waals surface area contributed by atoms with E-state index < -0.39 is 11.5 Å². The minimum absolute atomic E-state index is 0.415. The minimum atomic E-state index is -1.90. The van der Waals surface area contributed by atoms with E-state index in [0.717, 1.165) is 5.56 Å². The number of nitrogens with zero attached hydrogens (tertiary/aromatic N) is 1. The Labute approximate surface area is 204 Å². The number of methoxy groups -OCH3 is 1. The zero-order valence-corrected chi connectivity index (χ0v) is 19.3. The lowest BCUT2D eigenvalue weighted by Crippen LogP contribution is -2.43. The van der Waals surface area contributed by atoms with Crippen molar-refractivity contribution in [2.75, 3.05) is 7.11 Å². The molecule has 35 heavy (non-hydrogen) atoms. The molecule has 4 aromatic carbocycles. The summed E-state index contributed by atoms with van der Waals surface area (Å²) in [5.41, 5.74) is 3.21. The van der Waals surface area contributed by atoms with E-state index >= 15 is 0 Å². The van der Waals surface area contributed by atoms with Crippen molar-refractivity contribution >= 4 is 12.1 Å². The molecule has 0 aliphatic carbocycles. The maximum atomic E-state index is 13.1. The first-order chi connectivity index (χ1) is 17.1. The number of nitrogens with one attached hydrogen (secondary N) is 1. The third kappa shape index (κ3) is 5.57. The van der Waals surface area contributed by atoms with Gasteiger partial charge in [0.25, 0.3) is 5.91 Å². The Morgan fingerprint density at radius 3 is 2.00 bits per heavy atom. The van der Waals surface area contributed by atoms with Gasteiger partial charge in [-0.1, -0.05) is 91.0 Å². The Balaban J connectivity index is 1.49. The number of hydrogen-bond acceptors (Lipinski definition) is 5. The van der Waals surface area contributed by atoms with E-state index in [2.05, 4.69) is 10.5 Å². The number of benzene rings is 4. The Bertz CT molecular complexity index is 1240. The molecular formula is C29H26N2O4. The fourth-order valence-electron chi connectivity index (χ4n) is 3.65. The number of amides is 1. The van der Waals surface area contributed by atoms with E-state index in [-0.39, 0.29) is 0 Å². The van der Waals surface area contributed by atoms with Crippen LogP contribution in [0.15, 0.2) is 114 Å². The van der Waals surface area contributed by atoms with Crippen molar-refractivity contribution in [1.29, 1.82) is 0 Å². The lowest BCUT2D eigenvalue weighted by Gasteiger charge is -2.27. The standard InChI is InChI=1S/C29H26N2O4/c1-34-27-19-23(17-18-26(27)35-21-22-11-5-2-6-12-22)20-30-31-28(32)29(33,24-13-7-3-8-14-24)25-15-9-4-10-16-25/h2-20,33H,21H2,1H3,(H,31,32). The average molecular weight is 467 g/mol. The highest BCUT2D eigenvalue weighted by atomic mass is 16.5. The monoisotopic (exact) mass is 466 g/mol. The van der Waals surface area contributed by atoms with E-state index in [9.17, 15) is 9.90 Å². The molecule has 0 saturated heterocycles. The smallest absolute Gasteiger partial charge is 0.281 e. The minimum Gasteiger partial charge on any atom is -0.493 e. The van der Waals surface area contributed by atoms with Crippen LogP contribution in [-0.2, 0) is 17.0 Å². The zero-order valence-electron chi connectivity index (χ0n) is 19.3. The molecule has 0 spiro atoms. The molecule has 0 atom stereocenters. The molecule has 0 fully saturated rings. The van der Waals surface area contributed by atoms with Gasteiger partial charge in [0.2, 0.25) is 0 Å². The van der Waals surface area contributed by atoms with Crippen LogP contribution in [0.25, 0.3) is 0 Å². The summed E-state index contributed by atoms with van der Waals surface area (Å²) in [6, 6.07) is 32.8. The molecule has 176 valence electrons. The summed E-state index contributed by atoms with van der Waals surface area (Å²) >= 11 is 0. The van der Waals surface area contributed by atoms with Crippen molar-refractivity contribution in [2.24, 2.45) is 5.10 Å². The zero-order chi connectivity index (χ0) is 24.5. The van der Waals surface area contributed by atoms with Crippen molar-refractivity contribution in [1.82, 2.24) is 5.43 Å². The third-order valence-corrected chi connectivity index (χ3v) is 5.52. The van der Waals surface area contributed by atoms with Gasteiger partial charge >= 0.3 is 0 Å². The molecule has 4 rings (SSSR count). The maximum Gasteiger partial charge on any atom is 0.281 e. The number of ether oxygens (including phenoxy) is 2. The summed E-state index contributed by atoms with van der Waals surface area (Å²) in [5, 5.41) is 15.5. The Kier molecular flexibility index (Phi) is 7.55. The van der Waals surface area contributed by atoms with Crippen LogP contribution in [0.3, 0.4) is 0 Å². The van der Waals surface area contributed by atoms with Crippen molar-refractivity contribution in [3.05, 3.63) is 131 Å². The summed E-state index contributed by atoms with van der Waals surface area (Å²) in [6.07, 6.45) is 1.48. The first-order valence-electron chi connectivity index (χ1n) is 11.1. The van der Waals surface area contributed by atoms with E-state index in [0.29, 0.717) is 34.8 Å². The molecule has 0 aliphatic rings. The molecule has 0 bridgehead atoms. The first kappa shape index (κ1) is 23.7. The molecule has 6 nitrogen and oxygen atoms in total. The van der Waals surface area contributed by atoms with Crippen molar-refractivity contribution in [3.8, 4) is 11.5 Å². The molecule has 0 saturated carbocycles. The number of carbonyl (C=O) groups excluding carboxylic acids is 1. The van der Waals surface area contributed by atoms with Gasteiger partial charge in [0.05, 0.1) is 13.3 Å². The largest absolute Gasteiger partial charge is 0.493 e. The van der Waals surface area contributed by atoms with E-state index in [4.69, 9.17) is 9.47 Å². The van der Waals surface area contributed by atoms with Gasteiger partial charge in [-0.05, 0) is 40.5 Å². The van der Waals surface area contributed by atoms with Crippen LogP contribution in [0.2, 0.25) is 0 Å². The van der Waals surface area contributed by atoms with E-state index in [1.54, 1.807) is 73.8 Å². The highest BCUT2D eigenvalue weighted by Gasteiger charge is 2.39. The van der Waals surface area contributed by atoms with Crippen molar-refractivity contribution in [3.63, 3.8) is 0 Å². The van der Waals surface area contributed by atoms with Crippen molar-refractivity contribution in [2.45, 2.75) is 12.2 Å². The first-order valence-corrected chi connectivity index (χ1v) is 11.1. The highest BCUT2D eigenvalue weighted by Crippen LogP contribution is 2.30. The maximum absolute atomic E-state index is 13.1. The molecule has 0 unspecified atom stereocenters. The summed E-state index contributed by atoms with van der Waals surface area (Å²) in [6.45, 7) is 0.415. The lowest BCUT2D eigenvalue weighted by molar-refractivity contribution is -0.136. The second-order valence-electron chi connectivity index (χ2n) is 7.83. The molecule has 6 heteroatoms. The van der Waals surface area contributed by atoms with Crippen LogP contribution in [0.5, 0.6) is 11.5 Å². The predicted molar refractivity (Wildman–Crippen MR) is 135 cm³/mol. The lowest BCUT2D eigenvalue weighted by atomic mass is 9.85. The van der Waals surface area contributed by atoms with Crippen LogP contribution < -0.4 is 14.9 Å². The third-order valence-electron chi connectivity index (χ3n) is 5.52. The summed E-state index contributed by atoms with van der Waals surface area (Å²) in [5.74, 6) is 0.474. The van der Waals surface area contributed by atoms with Gasteiger partial charge in [0, 0.05) is 0 Å².